The second-order valence-corrected chi connectivity index (χ2v) is 13.2. The number of likely N-dealkylation sites (N-methyl/N-ethyl adjacent to an activating group) is 1. The van der Waals surface area contributed by atoms with Gasteiger partial charge in [-0.2, -0.15) is 0 Å². The molecule has 2 aromatic rings. The molecule has 3 spiro atoms. The molecule has 2 aliphatic heterocycles. The Balaban J connectivity index is 1.21. The van der Waals surface area contributed by atoms with Gasteiger partial charge in [-0.25, -0.2) is 4.98 Å². The average Bonchev–Trinajstić information content (AvgIpc) is 3.40. The third kappa shape index (κ3) is 2.45. The first-order chi connectivity index (χ1) is 17.7. The van der Waals surface area contributed by atoms with E-state index in [9.17, 15) is 15.3 Å². The number of hydrogen-bond acceptors (Lipinski definition) is 6. The highest BCUT2D eigenvalue weighted by molar-refractivity contribution is 5.90. The molecule has 194 valence electrons. The number of fused-ring (bicyclic) bond motifs is 3. The van der Waals surface area contributed by atoms with Crippen molar-refractivity contribution in [1.82, 2.24) is 9.88 Å². The number of aromatic nitrogens is 1. The summed E-state index contributed by atoms with van der Waals surface area (Å²) in [4.78, 5) is 6.10. The predicted octanol–water partition coefficient (Wildman–Crippen LogP) is 4.04. The summed E-state index contributed by atoms with van der Waals surface area (Å²) in [6.45, 7) is 2.41. The molecule has 4 aliphatic carbocycles. The Morgan fingerprint density at radius 2 is 1.92 bits per heavy atom. The normalized spacial score (nSPS) is 47.1. The van der Waals surface area contributed by atoms with Gasteiger partial charge in [0.15, 0.2) is 0 Å². The van der Waals surface area contributed by atoms with Gasteiger partial charge in [-0.1, -0.05) is 25.1 Å². The van der Waals surface area contributed by atoms with Crippen molar-refractivity contribution in [2.24, 2.45) is 22.7 Å². The summed E-state index contributed by atoms with van der Waals surface area (Å²) in [6.07, 6.45) is 10.7. The Morgan fingerprint density at radius 1 is 1.08 bits per heavy atom. The smallest absolute Gasteiger partial charge is 0.218 e. The van der Waals surface area contributed by atoms with Crippen LogP contribution in [0.1, 0.15) is 51.0 Å². The Labute approximate surface area is 217 Å². The average molecular weight is 501 g/mol. The molecular formula is C31H36N2O4. The van der Waals surface area contributed by atoms with E-state index in [-0.39, 0.29) is 34.0 Å². The number of aliphatic hydroxyl groups is 2. The van der Waals surface area contributed by atoms with Crippen LogP contribution >= 0.6 is 0 Å². The Morgan fingerprint density at radius 3 is 2.73 bits per heavy atom. The zero-order chi connectivity index (χ0) is 25.5. The third-order valence-corrected chi connectivity index (χ3v) is 11.7. The van der Waals surface area contributed by atoms with Crippen LogP contribution in [0.3, 0.4) is 0 Å². The topological polar surface area (TPSA) is 86.1 Å². The molecule has 2 saturated heterocycles. The molecule has 3 unspecified atom stereocenters. The van der Waals surface area contributed by atoms with E-state index in [1.807, 2.05) is 26.2 Å². The van der Waals surface area contributed by atoms with Crippen LogP contribution in [0.25, 0.3) is 16.3 Å². The van der Waals surface area contributed by atoms with Crippen LogP contribution in [0.5, 0.6) is 5.88 Å². The van der Waals surface area contributed by atoms with Gasteiger partial charge in [0.1, 0.15) is 0 Å². The summed E-state index contributed by atoms with van der Waals surface area (Å²) in [5.74, 6) is 0.755. The molecule has 2 bridgehead atoms. The standard InChI is InChI=1S/C31H36N2O4/c1-28-10-8-21-22-15-30(22)26(35)25(34)23(33(2)3)16-29(30)11-12-31(21,37-29)24(28)7-6-20(28)18-4-5-19-17(14-18)9-13-32-27(19)36/h4-6,8-9,13-14,22-26,34-35H,7,10-12,15-16H2,1-3H3,(H,32,36)/t22?,23-,24?,25+,26-,28+,29+,30?,31+/m0/s1. The summed E-state index contributed by atoms with van der Waals surface area (Å²) in [7, 11) is 4.01. The quantitative estimate of drug-likeness (QED) is 0.540. The monoisotopic (exact) mass is 500 g/mol. The molecule has 1 aromatic carbocycles. The number of hydrogen-bond donors (Lipinski definition) is 3. The summed E-state index contributed by atoms with van der Waals surface area (Å²) >= 11 is 0. The number of pyridine rings is 1. The molecule has 37 heavy (non-hydrogen) atoms. The molecule has 2 saturated carbocycles. The number of benzene rings is 1. The van der Waals surface area contributed by atoms with Gasteiger partial charge in [-0.15, -0.1) is 0 Å². The molecule has 0 radical (unpaired) electrons. The van der Waals surface area contributed by atoms with Crippen LogP contribution in [0, 0.1) is 22.7 Å². The van der Waals surface area contributed by atoms with E-state index < -0.39 is 12.2 Å². The van der Waals surface area contributed by atoms with Crippen LogP contribution in [0.4, 0.5) is 0 Å². The summed E-state index contributed by atoms with van der Waals surface area (Å²) in [5.41, 5.74) is 2.99. The SMILES string of the molecule is CN(C)[C@H]1C[C@@]23CC[C@@]4(O2)C(=CC[C@]2(C)C(c5ccc6c(O)nccc6c5)=CCC24)C2CC23[C@@H](O)[C@@H]1O. The minimum atomic E-state index is -0.746. The first-order valence-electron chi connectivity index (χ1n) is 13.9. The molecule has 1 aromatic heterocycles. The summed E-state index contributed by atoms with van der Waals surface area (Å²) in [5, 5.41) is 34.6. The molecular weight excluding hydrogens is 464 g/mol. The lowest BCUT2D eigenvalue weighted by molar-refractivity contribution is -0.248. The summed E-state index contributed by atoms with van der Waals surface area (Å²) in [6, 6.07) is 8.18. The van der Waals surface area contributed by atoms with Gasteiger partial charge < -0.3 is 25.0 Å². The fourth-order valence-electron chi connectivity index (χ4n) is 9.96. The van der Waals surface area contributed by atoms with E-state index in [1.54, 1.807) is 6.20 Å². The Kier molecular flexibility index (Phi) is 4.20. The van der Waals surface area contributed by atoms with Gasteiger partial charge in [0.2, 0.25) is 5.88 Å². The first-order valence-corrected chi connectivity index (χ1v) is 13.9. The molecule has 3 N–H and O–H groups in total. The number of aromatic hydroxyl groups is 1. The molecule has 8 rings (SSSR count). The zero-order valence-corrected chi connectivity index (χ0v) is 21.8. The number of allylic oxidation sites excluding steroid dienone is 3. The van der Waals surface area contributed by atoms with Crippen molar-refractivity contribution in [2.75, 3.05) is 14.1 Å². The van der Waals surface area contributed by atoms with Gasteiger partial charge in [-0.05, 0) is 98.8 Å². The lowest BCUT2D eigenvalue weighted by Crippen LogP contribution is -2.67. The molecule has 6 nitrogen and oxygen atoms in total. The van der Waals surface area contributed by atoms with Gasteiger partial charge in [0.25, 0.3) is 0 Å². The van der Waals surface area contributed by atoms with E-state index in [4.69, 9.17) is 4.74 Å². The van der Waals surface area contributed by atoms with Crippen molar-refractivity contribution in [1.29, 1.82) is 0 Å². The fraction of sp³-hybridized carbons (Fsp3) is 0.581. The maximum Gasteiger partial charge on any atom is 0.218 e. The number of nitrogens with zero attached hydrogens (tertiary/aromatic N) is 2. The Hall–Kier alpha value is -2.25. The highest BCUT2D eigenvalue weighted by Gasteiger charge is 2.84. The van der Waals surface area contributed by atoms with Crippen molar-refractivity contribution < 1.29 is 20.1 Å². The van der Waals surface area contributed by atoms with E-state index in [0.29, 0.717) is 11.8 Å². The number of ether oxygens (including phenoxy) is 1. The maximum atomic E-state index is 11.5. The van der Waals surface area contributed by atoms with Crippen molar-refractivity contribution in [2.45, 2.75) is 74.9 Å². The van der Waals surface area contributed by atoms with Gasteiger partial charge in [0, 0.05) is 34.4 Å². The molecule has 9 atom stereocenters. The van der Waals surface area contributed by atoms with E-state index in [2.05, 4.69) is 41.1 Å². The van der Waals surface area contributed by atoms with Gasteiger partial charge in [-0.3, -0.25) is 0 Å². The highest BCUT2D eigenvalue weighted by Crippen LogP contribution is 2.81. The van der Waals surface area contributed by atoms with Gasteiger partial charge in [0.05, 0.1) is 23.4 Å². The van der Waals surface area contributed by atoms with Gasteiger partial charge >= 0.3 is 0 Å². The zero-order valence-electron chi connectivity index (χ0n) is 21.8. The molecule has 3 heterocycles. The lowest BCUT2D eigenvalue weighted by atomic mass is 9.57. The van der Waals surface area contributed by atoms with Crippen molar-refractivity contribution in [3.8, 4) is 5.88 Å². The van der Waals surface area contributed by atoms with Crippen molar-refractivity contribution >= 4 is 16.3 Å². The molecule has 6 heteroatoms. The first kappa shape index (κ1) is 22.7. The second-order valence-electron chi connectivity index (χ2n) is 13.2. The number of aliphatic hydroxyl groups excluding tert-OH is 2. The summed E-state index contributed by atoms with van der Waals surface area (Å²) < 4.78 is 7.43. The highest BCUT2D eigenvalue weighted by atomic mass is 16.5. The maximum absolute atomic E-state index is 11.5. The van der Waals surface area contributed by atoms with Crippen molar-refractivity contribution in [3.63, 3.8) is 0 Å². The van der Waals surface area contributed by atoms with Crippen LogP contribution in [-0.4, -0.2) is 68.8 Å². The molecule has 0 amide bonds. The second kappa shape index (κ2) is 6.84. The van der Waals surface area contributed by atoms with Crippen LogP contribution < -0.4 is 0 Å². The predicted molar refractivity (Wildman–Crippen MR) is 141 cm³/mol. The minimum absolute atomic E-state index is 0.0413. The molecule has 6 aliphatic rings. The Bertz CT molecular complexity index is 1420. The lowest BCUT2D eigenvalue weighted by Gasteiger charge is -2.59. The third-order valence-electron chi connectivity index (χ3n) is 11.7. The van der Waals surface area contributed by atoms with E-state index in [0.717, 1.165) is 49.3 Å². The van der Waals surface area contributed by atoms with Crippen LogP contribution in [0.15, 0.2) is 48.2 Å². The van der Waals surface area contributed by atoms with Crippen molar-refractivity contribution in [3.05, 3.63) is 53.8 Å². The van der Waals surface area contributed by atoms with E-state index in [1.165, 1.54) is 16.7 Å². The van der Waals surface area contributed by atoms with Crippen LogP contribution in [0.2, 0.25) is 0 Å². The van der Waals surface area contributed by atoms with E-state index >= 15 is 0 Å². The molecule has 4 fully saturated rings. The largest absolute Gasteiger partial charge is 0.493 e. The minimum Gasteiger partial charge on any atom is -0.493 e. The number of rotatable bonds is 2. The fourth-order valence-corrected chi connectivity index (χ4v) is 9.96. The van der Waals surface area contributed by atoms with Crippen LogP contribution in [-0.2, 0) is 4.74 Å².